The molecule has 1 aliphatic heterocycles. The minimum atomic E-state index is -0.733. The molecule has 2 fully saturated rings. The van der Waals surface area contributed by atoms with Crippen molar-refractivity contribution in [3.63, 3.8) is 0 Å². The smallest absolute Gasteiger partial charge is 0.0691 e. The van der Waals surface area contributed by atoms with E-state index in [0.29, 0.717) is 6.04 Å². The van der Waals surface area contributed by atoms with Crippen molar-refractivity contribution in [2.24, 2.45) is 5.92 Å². The second-order valence-corrected chi connectivity index (χ2v) is 7.91. The highest BCUT2D eigenvalue weighted by molar-refractivity contribution is 7.85. The molecule has 1 saturated carbocycles. The van der Waals surface area contributed by atoms with E-state index in [9.17, 15) is 4.21 Å². The third-order valence-corrected chi connectivity index (χ3v) is 6.11. The summed E-state index contributed by atoms with van der Waals surface area (Å²) in [6.45, 7) is 4.12. The van der Waals surface area contributed by atoms with Crippen LogP contribution in [-0.4, -0.2) is 41.0 Å². The average molecular weight is 301 g/mol. The predicted molar refractivity (Wildman–Crippen MR) is 85.5 cm³/mol. The Morgan fingerprint density at radius 3 is 2.65 bits per heavy atom. The number of nitrogens with one attached hydrogen (secondary N) is 1. The van der Waals surface area contributed by atoms with Crippen LogP contribution in [-0.2, 0) is 15.5 Å². The second kappa shape index (κ2) is 9.16. The Morgan fingerprint density at radius 2 is 2.00 bits per heavy atom. The maximum absolute atomic E-state index is 12.4. The maximum Gasteiger partial charge on any atom is 0.0691 e. The van der Waals surface area contributed by atoms with Crippen LogP contribution >= 0.6 is 0 Å². The summed E-state index contributed by atoms with van der Waals surface area (Å²) < 4.78 is 18.0. The first-order chi connectivity index (χ1) is 9.79. The van der Waals surface area contributed by atoms with Crippen molar-refractivity contribution >= 4 is 10.8 Å². The third-order valence-electron chi connectivity index (χ3n) is 4.64. The Balaban J connectivity index is 1.80. The standard InChI is InChI=1S/C16H31NO2S/c1-2-10-17-16(14-7-4-3-5-8-14)13-20(18)12-15-9-6-11-19-15/h14-17H,2-13H2,1H3. The minimum absolute atomic E-state index is 0.258. The largest absolute Gasteiger partial charge is 0.377 e. The first-order valence-corrected chi connectivity index (χ1v) is 9.98. The molecule has 0 aromatic heterocycles. The van der Waals surface area contributed by atoms with Crippen molar-refractivity contribution in [1.82, 2.24) is 5.32 Å². The highest BCUT2D eigenvalue weighted by atomic mass is 32.2. The van der Waals surface area contributed by atoms with E-state index in [-0.39, 0.29) is 6.10 Å². The number of hydrogen-bond donors (Lipinski definition) is 1. The van der Waals surface area contributed by atoms with Gasteiger partial charge in [0.25, 0.3) is 0 Å². The van der Waals surface area contributed by atoms with Crippen molar-refractivity contribution in [2.45, 2.75) is 70.4 Å². The van der Waals surface area contributed by atoms with Gasteiger partial charge in [-0.2, -0.15) is 0 Å². The summed E-state index contributed by atoms with van der Waals surface area (Å²) in [6, 6.07) is 0.456. The lowest BCUT2D eigenvalue weighted by molar-refractivity contribution is 0.128. The van der Waals surface area contributed by atoms with Crippen LogP contribution in [0.5, 0.6) is 0 Å². The van der Waals surface area contributed by atoms with Gasteiger partial charge in [-0.15, -0.1) is 0 Å². The normalized spacial score (nSPS) is 27.6. The zero-order chi connectivity index (χ0) is 14.2. The zero-order valence-electron chi connectivity index (χ0n) is 12.9. The summed E-state index contributed by atoms with van der Waals surface area (Å²) in [5, 5.41) is 3.66. The van der Waals surface area contributed by atoms with Gasteiger partial charge in [-0.05, 0) is 44.6 Å². The topological polar surface area (TPSA) is 38.3 Å². The fourth-order valence-electron chi connectivity index (χ4n) is 3.48. The molecule has 0 bridgehead atoms. The van der Waals surface area contributed by atoms with Crippen molar-refractivity contribution in [2.75, 3.05) is 24.7 Å². The van der Waals surface area contributed by atoms with Crippen molar-refractivity contribution < 1.29 is 8.95 Å². The molecule has 0 amide bonds. The molecule has 1 saturated heterocycles. The summed E-state index contributed by atoms with van der Waals surface area (Å²) in [6.07, 6.45) is 10.4. The lowest BCUT2D eigenvalue weighted by atomic mass is 9.84. The van der Waals surface area contributed by atoms with Gasteiger partial charge in [0.1, 0.15) is 0 Å². The first-order valence-electron chi connectivity index (χ1n) is 8.49. The number of ether oxygens (including phenoxy) is 1. The first kappa shape index (κ1) is 16.4. The number of rotatable bonds is 8. The van der Waals surface area contributed by atoms with Crippen molar-refractivity contribution in [3.05, 3.63) is 0 Å². The second-order valence-electron chi connectivity index (χ2n) is 6.37. The molecular weight excluding hydrogens is 270 g/mol. The van der Waals surface area contributed by atoms with Crippen LogP contribution in [0.1, 0.15) is 58.3 Å². The molecule has 2 aliphatic rings. The van der Waals surface area contributed by atoms with Gasteiger partial charge >= 0.3 is 0 Å². The van der Waals surface area contributed by atoms with E-state index in [4.69, 9.17) is 4.74 Å². The van der Waals surface area contributed by atoms with Crippen LogP contribution in [0.25, 0.3) is 0 Å². The van der Waals surface area contributed by atoms with Crippen LogP contribution in [0.3, 0.4) is 0 Å². The SMILES string of the molecule is CCCNC(CS(=O)CC1CCCO1)C1CCCCC1. The van der Waals surface area contributed by atoms with Gasteiger partial charge in [0.05, 0.1) is 6.10 Å². The molecule has 3 nitrogen and oxygen atoms in total. The van der Waals surface area contributed by atoms with E-state index >= 15 is 0 Å². The Bertz CT molecular complexity index is 286. The van der Waals surface area contributed by atoms with Crippen LogP contribution < -0.4 is 5.32 Å². The van der Waals surface area contributed by atoms with Gasteiger partial charge in [-0.1, -0.05) is 26.2 Å². The molecule has 0 spiro atoms. The monoisotopic (exact) mass is 301 g/mol. The molecule has 1 N–H and O–H groups in total. The summed E-state index contributed by atoms with van der Waals surface area (Å²) in [7, 11) is -0.733. The highest BCUT2D eigenvalue weighted by Crippen LogP contribution is 2.27. The predicted octanol–water partition coefficient (Wildman–Crippen LogP) is 2.86. The van der Waals surface area contributed by atoms with Crippen LogP contribution in [0, 0.1) is 5.92 Å². The number of hydrogen-bond acceptors (Lipinski definition) is 3. The molecule has 1 heterocycles. The van der Waals surface area contributed by atoms with Gasteiger partial charge < -0.3 is 10.1 Å². The van der Waals surface area contributed by atoms with Crippen LogP contribution in [0.15, 0.2) is 0 Å². The Labute approximate surface area is 126 Å². The van der Waals surface area contributed by atoms with E-state index < -0.39 is 10.8 Å². The van der Waals surface area contributed by atoms with Crippen molar-refractivity contribution in [1.29, 1.82) is 0 Å². The fourth-order valence-corrected chi connectivity index (χ4v) is 5.08. The molecule has 0 aromatic carbocycles. The Hall–Kier alpha value is 0.0700. The lowest BCUT2D eigenvalue weighted by Crippen LogP contribution is -2.42. The van der Waals surface area contributed by atoms with Gasteiger partial charge in [-0.3, -0.25) is 4.21 Å². The van der Waals surface area contributed by atoms with Gasteiger partial charge in [-0.25, -0.2) is 0 Å². The highest BCUT2D eigenvalue weighted by Gasteiger charge is 2.26. The molecule has 3 atom stereocenters. The average Bonchev–Trinajstić information content (AvgIpc) is 2.97. The molecule has 4 heteroatoms. The van der Waals surface area contributed by atoms with Crippen molar-refractivity contribution in [3.8, 4) is 0 Å². The van der Waals surface area contributed by atoms with E-state index in [1.807, 2.05) is 0 Å². The quantitative estimate of drug-likeness (QED) is 0.749. The van der Waals surface area contributed by atoms with E-state index in [1.54, 1.807) is 0 Å². The molecule has 0 radical (unpaired) electrons. The molecule has 20 heavy (non-hydrogen) atoms. The summed E-state index contributed by atoms with van der Waals surface area (Å²) >= 11 is 0. The lowest BCUT2D eigenvalue weighted by Gasteiger charge is -2.31. The summed E-state index contributed by atoms with van der Waals surface area (Å²) in [4.78, 5) is 0. The zero-order valence-corrected chi connectivity index (χ0v) is 13.8. The molecule has 1 aliphatic carbocycles. The summed E-state index contributed by atoms with van der Waals surface area (Å²) in [5.74, 6) is 2.31. The minimum Gasteiger partial charge on any atom is -0.377 e. The molecular formula is C16H31NO2S. The summed E-state index contributed by atoms with van der Waals surface area (Å²) in [5.41, 5.74) is 0. The van der Waals surface area contributed by atoms with Crippen LogP contribution in [0.2, 0.25) is 0 Å². The maximum atomic E-state index is 12.4. The van der Waals surface area contributed by atoms with Crippen LogP contribution in [0.4, 0.5) is 0 Å². The Morgan fingerprint density at radius 1 is 1.20 bits per heavy atom. The van der Waals surface area contributed by atoms with E-state index in [1.165, 1.54) is 32.1 Å². The van der Waals surface area contributed by atoms with Gasteiger partial charge in [0.2, 0.25) is 0 Å². The van der Waals surface area contributed by atoms with Gasteiger partial charge in [0, 0.05) is 35.0 Å². The molecule has 2 rings (SSSR count). The molecule has 118 valence electrons. The Kier molecular flexibility index (Phi) is 7.53. The van der Waals surface area contributed by atoms with E-state index in [0.717, 1.165) is 49.8 Å². The fraction of sp³-hybridized carbons (Fsp3) is 1.00. The van der Waals surface area contributed by atoms with Gasteiger partial charge in [0.15, 0.2) is 0 Å². The molecule has 0 aromatic rings. The van der Waals surface area contributed by atoms with E-state index in [2.05, 4.69) is 12.2 Å². The molecule has 3 unspecified atom stereocenters. The third kappa shape index (κ3) is 5.45.